The summed E-state index contributed by atoms with van der Waals surface area (Å²) < 4.78 is 2.17. The quantitative estimate of drug-likeness (QED) is 0.463. The molecule has 2 aromatic carbocycles. The molecule has 33 heavy (non-hydrogen) atoms. The van der Waals surface area contributed by atoms with Crippen molar-refractivity contribution >= 4 is 35.2 Å². The highest BCUT2D eigenvalue weighted by Crippen LogP contribution is 2.67. The number of hydrogen-bond acceptors (Lipinski definition) is 3. The van der Waals surface area contributed by atoms with Crippen molar-refractivity contribution in [2.75, 3.05) is 23.0 Å². The van der Waals surface area contributed by atoms with Crippen LogP contribution >= 0.6 is 6.34 Å². The molecule has 0 aromatic heterocycles. The topological polar surface area (TPSA) is 30.9 Å². The standard InChI is InChI=1S/C27H35N4PS/c1-20-13-14-21(2)23(17-20)29-32(33)26-24(28-31(32)22-11-7-5-8-12-22)18-27(3,4)19-25(26)30-15-9-6-10-16-30/h5,7-8,11-14,17H,6,9-10,15-16,18-19H2,1-4H3,(H,29,33). The summed E-state index contributed by atoms with van der Waals surface area (Å²) >= 11 is 6.70. The normalized spacial score (nSPS) is 24.5. The number of hydrazone groups is 1. The molecule has 2 heterocycles. The summed E-state index contributed by atoms with van der Waals surface area (Å²) in [6.45, 7) is 11.3. The van der Waals surface area contributed by atoms with E-state index in [1.54, 1.807) is 0 Å². The smallest absolute Gasteiger partial charge is 0.174 e. The maximum atomic E-state index is 6.70. The Bertz CT molecular complexity index is 1160. The summed E-state index contributed by atoms with van der Waals surface area (Å²) in [6.07, 6.45) is 3.46. The van der Waals surface area contributed by atoms with E-state index in [0.29, 0.717) is 0 Å². The number of aryl methyl sites for hydroxylation is 2. The zero-order chi connectivity index (χ0) is 23.2. The lowest BCUT2D eigenvalue weighted by atomic mass is 9.78. The van der Waals surface area contributed by atoms with E-state index < -0.39 is 6.34 Å². The minimum absolute atomic E-state index is 0.182. The third kappa shape index (κ3) is 4.26. The molecule has 0 saturated carbocycles. The van der Waals surface area contributed by atoms with E-state index >= 15 is 0 Å². The van der Waals surface area contributed by atoms with Crippen LogP contribution in [0, 0.1) is 19.3 Å². The van der Waals surface area contributed by atoms with Crippen molar-refractivity contribution < 1.29 is 0 Å². The first-order valence-electron chi connectivity index (χ1n) is 12.1. The molecule has 0 spiro atoms. The zero-order valence-corrected chi connectivity index (χ0v) is 22.0. The molecule has 6 heteroatoms. The van der Waals surface area contributed by atoms with Gasteiger partial charge in [0, 0.05) is 24.5 Å². The average Bonchev–Trinajstić information content (AvgIpc) is 3.07. The van der Waals surface area contributed by atoms with Crippen molar-refractivity contribution in [2.45, 2.75) is 59.8 Å². The first-order chi connectivity index (χ1) is 15.8. The van der Waals surface area contributed by atoms with E-state index in [2.05, 4.69) is 91.0 Å². The maximum absolute atomic E-state index is 6.70. The molecule has 2 aliphatic heterocycles. The lowest BCUT2D eigenvalue weighted by molar-refractivity contribution is 0.240. The number of fused-ring (bicyclic) bond motifs is 1. The van der Waals surface area contributed by atoms with Crippen LogP contribution in [-0.4, -0.2) is 23.7 Å². The molecule has 5 rings (SSSR count). The Morgan fingerprint density at radius 2 is 1.70 bits per heavy atom. The van der Waals surface area contributed by atoms with Gasteiger partial charge in [-0.15, -0.1) is 0 Å². The van der Waals surface area contributed by atoms with Gasteiger partial charge in [0.25, 0.3) is 0 Å². The van der Waals surface area contributed by atoms with Crippen LogP contribution < -0.4 is 9.87 Å². The van der Waals surface area contributed by atoms with Crippen LogP contribution in [0.4, 0.5) is 11.4 Å². The molecule has 1 saturated heterocycles. The van der Waals surface area contributed by atoms with E-state index in [9.17, 15) is 0 Å². The number of nitrogens with zero attached hydrogens (tertiary/aromatic N) is 3. The molecule has 0 radical (unpaired) electrons. The van der Waals surface area contributed by atoms with Gasteiger partial charge >= 0.3 is 0 Å². The second-order valence-electron chi connectivity index (χ2n) is 10.5. The van der Waals surface area contributed by atoms with Crippen molar-refractivity contribution in [3.8, 4) is 0 Å². The Hall–Kier alpha value is -2.10. The number of likely N-dealkylation sites (tertiary alicyclic amines) is 1. The first-order valence-corrected chi connectivity index (χ1v) is 14.9. The van der Waals surface area contributed by atoms with Crippen molar-refractivity contribution in [2.24, 2.45) is 10.5 Å². The van der Waals surface area contributed by atoms with Crippen LogP contribution in [-0.2, 0) is 11.8 Å². The SMILES string of the molecule is Cc1ccc(C)c(NP2(=S)C3=C(N4CCCCC4)CC(C)(C)CC3=NN2c2ccccc2)c1. The average molecular weight is 479 g/mol. The van der Waals surface area contributed by atoms with Gasteiger partial charge in [-0.1, -0.05) is 44.2 Å². The van der Waals surface area contributed by atoms with Gasteiger partial charge in [0.1, 0.15) is 0 Å². The molecular weight excluding hydrogens is 443 g/mol. The lowest BCUT2D eigenvalue weighted by Crippen LogP contribution is -2.36. The Balaban J connectivity index is 1.70. The van der Waals surface area contributed by atoms with E-state index in [0.717, 1.165) is 37.3 Å². The molecule has 2 aromatic rings. The summed E-state index contributed by atoms with van der Waals surface area (Å²) in [5.41, 5.74) is 7.49. The van der Waals surface area contributed by atoms with Gasteiger partial charge in [-0.3, -0.25) is 0 Å². The zero-order valence-electron chi connectivity index (χ0n) is 20.3. The molecular formula is C27H35N4PS. The van der Waals surface area contributed by atoms with Crippen LogP contribution in [0.2, 0.25) is 0 Å². The summed E-state index contributed by atoms with van der Waals surface area (Å²) in [7, 11) is 0. The third-order valence-corrected chi connectivity index (χ3v) is 10.8. The molecule has 1 aliphatic carbocycles. The number of hydrogen-bond donors (Lipinski definition) is 1. The van der Waals surface area contributed by atoms with Crippen LogP contribution in [0.5, 0.6) is 0 Å². The monoisotopic (exact) mass is 478 g/mol. The molecule has 174 valence electrons. The fourth-order valence-corrected chi connectivity index (χ4v) is 9.36. The lowest BCUT2D eigenvalue weighted by Gasteiger charge is -2.42. The molecule has 4 nitrogen and oxygen atoms in total. The second-order valence-corrected chi connectivity index (χ2v) is 14.3. The highest BCUT2D eigenvalue weighted by Gasteiger charge is 2.47. The minimum atomic E-state index is -2.43. The van der Waals surface area contributed by atoms with Gasteiger partial charge in [-0.2, -0.15) is 5.10 Å². The Kier molecular flexibility index (Phi) is 5.91. The van der Waals surface area contributed by atoms with E-state index in [-0.39, 0.29) is 5.41 Å². The van der Waals surface area contributed by atoms with E-state index in [1.165, 1.54) is 47.1 Å². The predicted octanol–water partition coefficient (Wildman–Crippen LogP) is 7.42. The number of anilines is 2. The van der Waals surface area contributed by atoms with Crippen molar-refractivity contribution in [1.29, 1.82) is 0 Å². The highest BCUT2D eigenvalue weighted by molar-refractivity contribution is 8.18. The third-order valence-electron chi connectivity index (χ3n) is 7.01. The summed E-state index contributed by atoms with van der Waals surface area (Å²) in [6, 6.07) is 17.1. The van der Waals surface area contributed by atoms with Crippen molar-refractivity contribution in [3.63, 3.8) is 0 Å². The van der Waals surface area contributed by atoms with E-state index in [1.807, 2.05) is 0 Å². The van der Waals surface area contributed by atoms with Gasteiger partial charge in [0.2, 0.25) is 0 Å². The molecule has 3 aliphatic rings. The van der Waals surface area contributed by atoms with Crippen LogP contribution in [0.1, 0.15) is 57.1 Å². The van der Waals surface area contributed by atoms with Gasteiger partial charge in [-0.05, 0) is 92.5 Å². The fourth-order valence-electron chi connectivity index (χ4n) is 5.34. The molecule has 1 unspecified atom stereocenters. The minimum Gasteiger partial charge on any atom is -0.374 e. The summed E-state index contributed by atoms with van der Waals surface area (Å²) in [5.74, 6) is 0. The number of para-hydroxylation sites is 1. The highest BCUT2D eigenvalue weighted by atomic mass is 32.4. The van der Waals surface area contributed by atoms with Crippen LogP contribution in [0.3, 0.4) is 0 Å². The Morgan fingerprint density at radius 3 is 2.42 bits per heavy atom. The number of piperidine rings is 1. The van der Waals surface area contributed by atoms with Crippen LogP contribution in [0.15, 0.2) is 64.6 Å². The van der Waals surface area contributed by atoms with Gasteiger partial charge in [0.15, 0.2) is 6.34 Å². The summed E-state index contributed by atoms with van der Waals surface area (Å²) in [4.78, 5) is 2.63. The summed E-state index contributed by atoms with van der Waals surface area (Å²) in [5, 5.41) is 10.5. The van der Waals surface area contributed by atoms with E-state index in [4.69, 9.17) is 16.9 Å². The maximum Gasteiger partial charge on any atom is 0.174 e. The molecule has 1 atom stereocenters. The molecule has 1 N–H and O–H groups in total. The molecule has 0 bridgehead atoms. The predicted molar refractivity (Wildman–Crippen MR) is 146 cm³/mol. The van der Waals surface area contributed by atoms with Gasteiger partial charge in [-0.25, -0.2) is 4.78 Å². The Morgan fingerprint density at radius 1 is 0.970 bits per heavy atom. The molecule has 0 amide bonds. The second kappa shape index (κ2) is 8.60. The fraction of sp³-hybridized carbons (Fsp3) is 0.444. The largest absolute Gasteiger partial charge is 0.374 e. The van der Waals surface area contributed by atoms with Crippen LogP contribution in [0.25, 0.3) is 0 Å². The Labute approximate surface area is 203 Å². The van der Waals surface area contributed by atoms with Crippen molar-refractivity contribution in [1.82, 2.24) is 4.90 Å². The molecule has 1 fully saturated rings. The number of rotatable bonds is 4. The number of allylic oxidation sites excluding steroid dienone is 2. The van der Waals surface area contributed by atoms with Crippen molar-refractivity contribution in [3.05, 3.63) is 70.7 Å². The number of nitrogens with one attached hydrogen (secondary N) is 1. The first kappa shape index (κ1) is 22.7. The van der Waals surface area contributed by atoms with Gasteiger partial charge < -0.3 is 9.99 Å². The number of benzene rings is 2. The van der Waals surface area contributed by atoms with Gasteiger partial charge in [0.05, 0.1) is 16.7 Å².